The smallest absolute Gasteiger partial charge is 0.0757 e. The Morgan fingerprint density at radius 1 is 1.62 bits per heavy atom. The summed E-state index contributed by atoms with van der Waals surface area (Å²) in [5.41, 5.74) is -0.0216. The van der Waals surface area contributed by atoms with Crippen molar-refractivity contribution < 1.29 is 4.74 Å². The second-order valence-corrected chi connectivity index (χ2v) is 4.38. The standard InChI is InChI=1S/C11H19NO/c1-5-6-7-12-8-10(2)13-11(3,4)9-12/h1,10H,6-9H2,2-4H3. The average Bonchev–Trinajstić information content (AvgIpc) is 1.97. The Balaban J connectivity index is 2.44. The summed E-state index contributed by atoms with van der Waals surface area (Å²) in [4.78, 5) is 2.38. The SMILES string of the molecule is C#CCCN1CC(C)OC(C)(C)C1. The van der Waals surface area contributed by atoms with Gasteiger partial charge in [0.05, 0.1) is 11.7 Å². The molecule has 0 spiro atoms. The molecule has 74 valence electrons. The summed E-state index contributed by atoms with van der Waals surface area (Å²) in [6.45, 7) is 9.36. The molecule has 1 rings (SSSR count). The van der Waals surface area contributed by atoms with Gasteiger partial charge < -0.3 is 4.74 Å². The van der Waals surface area contributed by atoms with Gasteiger partial charge in [-0.2, -0.15) is 0 Å². The first-order chi connectivity index (χ1) is 6.03. The summed E-state index contributed by atoms with van der Waals surface area (Å²) in [6, 6.07) is 0. The monoisotopic (exact) mass is 181 g/mol. The molecule has 1 saturated heterocycles. The molecule has 0 aromatic heterocycles. The molecule has 13 heavy (non-hydrogen) atoms. The van der Waals surface area contributed by atoms with Gasteiger partial charge >= 0.3 is 0 Å². The Labute approximate surface area is 81.3 Å². The van der Waals surface area contributed by atoms with Crippen LogP contribution in [0.15, 0.2) is 0 Å². The molecule has 1 aliphatic rings. The number of hydrogen-bond donors (Lipinski definition) is 0. The van der Waals surface area contributed by atoms with Crippen LogP contribution in [0.5, 0.6) is 0 Å². The Morgan fingerprint density at radius 2 is 2.31 bits per heavy atom. The third-order valence-electron chi connectivity index (χ3n) is 2.21. The van der Waals surface area contributed by atoms with Gasteiger partial charge in [-0.1, -0.05) is 0 Å². The van der Waals surface area contributed by atoms with E-state index in [0.717, 1.165) is 26.1 Å². The van der Waals surface area contributed by atoms with Gasteiger partial charge in [-0.05, 0) is 20.8 Å². The van der Waals surface area contributed by atoms with Crippen LogP contribution in [0, 0.1) is 12.3 Å². The lowest BCUT2D eigenvalue weighted by Gasteiger charge is -2.41. The number of morpholine rings is 1. The zero-order valence-corrected chi connectivity index (χ0v) is 8.84. The molecule has 1 fully saturated rings. The van der Waals surface area contributed by atoms with Crippen LogP contribution >= 0.6 is 0 Å². The fourth-order valence-corrected chi connectivity index (χ4v) is 1.98. The average molecular weight is 181 g/mol. The molecule has 0 aromatic carbocycles. The number of terminal acetylenes is 1. The second-order valence-electron chi connectivity index (χ2n) is 4.38. The molecule has 1 atom stereocenters. The highest BCUT2D eigenvalue weighted by Crippen LogP contribution is 2.20. The second kappa shape index (κ2) is 4.13. The largest absolute Gasteiger partial charge is 0.370 e. The molecule has 1 heterocycles. The number of nitrogens with zero attached hydrogens (tertiary/aromatic N) is 1. The molecule has 0 aliphatic carbocycles. The van der Waals surface area contributed by atoms with Gasteiger partial charge in [0.15, 0.2) is 0 Å². The van der Waals surface area contributed by atoms with E-state index in [-0.39, 0.29) is 5.60 Å². The summed E-state index contributed by atoms with van der Waals surface area (Å²) >= 11 is 0. The Hall–Kier alpha value is -0.520. The minimum absolute atomic E-state index is 0.0216. The van der Waals surface area contributed by atoms with E-state index in [1.165, 1.54) is 0 Å². The minimum atomic E-state index is -0.0216. The number of ether oxygens (including phenoxy) is 1. The van der Waals surface area contributed by atoms with Crippen molar-refractivity contribution in [2.45, 2.75) is 38.9 Å². The Bertz CT molecular complexity index is 205. The molecule has 2 heteroatoms. The molecule has 0 N–H and O–H groups in total. The van der Waals surface area contributed by atoms with Gasteiger partial charge in [0.1, 0.15) is 0 Å². The van der Waals surface area contributed by atoms with Crippen molar-refractivity contribution in [3.8, 4) is 12.3 Å². The predicted molar refractivity (Wildman–Crippen MR) is 54.5 cm³/mol. The van der Waals surface area contributed by atoms with Gasteiger partial charge in [-0.15, -0.1) is 12.3 Å². The molecular weight excluding hydrogens is 162 g/mol. The fourth-order valence-electron chi connectivity index (χ4n) is 1.98. The van der Waals surface area contributed by atoms with Crippen molar-refractivity contribution >= 4 is 0 Å². The van der Waals surface area contributed by atoms with Crippen molar-refractivity contribution in [3.63, 3.8) is 0 Å². The van der Waals surface area contributed by atoms with E-state index in [4.69, 9.17) is 11.2 Å². The quantitative estimate of drug-likeness (QED) is 0.599. The van der Waals surface area contributed by atoms with Crippen LogP contribution in [0.25, 0.3) is 0 Å². The number of hydrogen-bond acceptors (Lipinski definition) is 2. The van der Waals surface area contributed by atoms with Crippen LogP contribution in [-0.2, 0) is 4.74 Å². The van der Waals surface area contributed by atoms with E-state index in [2.05, 4.69) is 31.6 Å². The topological polar surface area (TPSA) is 12.5 Å². The highest BCUT2D eigenvalue weighted by atomic mass is 16.5. The third kappa shape index (κ3) is 3.38. The van der Waals surface area contributed by atoms with Gasteiger partial charge in [0.25, 0.3) is 0 Å². The Morgan fingerprint density at radius 3 is 2.85 bits per heavy atom. The summed E-state index contributed by atoms with van der Waals surface area (Å²) < 4.78 is 5.79. The zero-order valence-electron chi connectivity index (χ0n) is 8.84. The van der Waals surface area contributed by atoms with Crippen molar-refractivity contribution in [1.82, 2.24) is 4.90 Å². The normalized spacial score (nSPS) is 28.3. The summed E-state index contributed by atoms with van der Waals surface area (Å²) in [7, 11) is 0. The Kier molecular flexibility index (Phi) is 3.35. The van der Waals surface area contributed by atoms with E-state index in [0.29, 0.717) is 6.10 Å². The maximum absolute atomic E-state index is 5.79. The fraction of sp³-hybridized carbons (Fsp3) is 0.818. The number of rotatable bonds is 2. The maximum atomic E-state index is 5.79. The molecule has 0 aromatic rings. The zero-order chi connectivity index (χ0) is 9.90. The van der Waals surface area contributed by atoms with Gasteiger partial charge in [-0.3, -0.25) is 4.90 Å². The van der Waals surface area contributed by atoms with E-state index in [1.807, 2.05) is 0 Å². The first kappa shape index (κ1) is 10.6. The molecule has 0 amide bonds. The first-order valence-electron chi connectivity index (χ1n) is 4.87. The summed E-state index contributed by atoms with van der Waals surface area (Å²) in [6.07, 6.45) is 6.40. The lowest BCUT2D eigenvalue weighted by molar-refractivity contribution is -0.128. The maximum Gasteiger partial charge on any atom is 0.0757 e. The molecular formula is C11H19NO. The van der Waals surface area contributed by atoms with Crippen LogP contribution in [-0.4, -0.2) is 36.2 Å². The third-order valence-corrected chi connectivity index (χ3v) is 2.21. The van der Waals surface area contributed by atoms with Crippen molar-refractivity contribution in [3.05, 3.63) is 0 Å². The molecule has 0 bridgehead atoms. The van der Waals surface area contributed by atoms with E-state index >= 15 is 0 Å². The van der Waals surface area contributed by atoms with Crippen molar-refractivity contribution in [2.75, 3.05) is 19.6 Å². The van der Waals surface area contributed by atoms with E-state index < -0.39 is 0 Å². The predicted octanol–water partition coefficient (Wildman–Crippen LogP) is 1.51. The molecule has 1 unspecified atom stereocenters. The molecule has 0 radical (unpaired) electrons. The lowest BCUT2D eigenvalue weighted by Crippen LogP contribution is -2.51. The summed E-state index contributed by atoms with van der Waals surface area (Å²) in [5, 5.41) is 0. The highest BCUT2D eigenvalue weighted by molar-refractivity contribution is 4.88. The van der Waals surface area contributed by atoms with Crippen molar-refractivity contribution in [1.29, 1.82) is 0 Å². The van der Waals surface area contributed by atoms with Crippen LogP contribution < -0.4 is 0 Å². The van der Waals surface area contributed by atoms with Gasteiger partial charge in [-0.25, -0.2) is 0 Å². The van der Waals surface area contributed by atoms with Gasteiger partial charge in [0.2, 0.25) is 0 Å². The van der Waals surface area contributed by atoms with Crippen LogP contribution in [0.4, 0.5) is 0 Å². The summed E-state index contributed by atoms with van der Waals surface area (Å²) in [5.74, 6) is 2.67. The molecule has 0 saturated carbocycles. The van der Waals surface area contributed by atoms with Crippen molar-refractivity contribution in [2.24, 2.45) is 0 Å². The minimum Gasteiger partial charge on any atom is -0.370 e. The van der Waals surface area contributed by atoms with Crippen LogP contribution in [0.3, 0.4) is 0 Å². The van der Waals surface area contributed by atoms with Crippen LogP contribution in [0.1, 0.15) is 27.2 Å². The van der Waals surface area contributed by atoms with Crippen LogP contribution in [0.2, 0.25) is 0 Å². The molecule has 1 aliphatic heterocycles. The molecule has 2 nitrogen and oxygen atoms in total. The highest BCUT2D eigenvalue weighted by Gasteiger charge is 2.30. The first-order valence-corrected chi connectivity index (χ1v) is 4.87. The van der Waals surface area contributed by atoms with E-state index in [9.17, 15) is 0 Å². The van der Waals surface area contributed by atoms with E-state index in [1.54, 1.807) is 0 Å². The van der Waals surface area contributed by atoms with Gasteiger partial charge in [0, 0.05) is 26.1 Å². The lowest BCUT2D eigenvalue weighted by atomic mass is 10.1.